The van der Waals surface area contributed by atoms with E-state index in [4.69, 9.17) is 0 Å². The normalized spacial score (nSPS) is 16.8. The van der Waals surface area contributed by atoms with Crippen molar-refractivity contribution in [3.05, 3.63) is 22.2 Å². The van der Waals surface area contributed by atoms with Crippen LogP contribution in [0.2, 0.25) is 0 Å². The average molecular weight is 276 g/mol. The number of rotatable bonds is 4. The van der Waals surface area contributed by atoms with Crippen LogP contribution in [-0.4, -0.2) is 28.7 Å². The smallest absolute Gasteiger partial charge is 0.373 e. The van der Waals surface area contributed by atoms with Crippen molar-refractivity contribution in [1.29, 1.82) is 0 Å². The number of hydrogen-bond donors (Lipinski definition) is 2. The minimum Gasteiger partial charge on any atom is -0.373 e. The minimum absolute atomic E-state index is 0.0598. The van der Waals surface area contributed by atoms with Gasteiger partial charge in [0.1, 0.15) is 17.2 Å². The Bertz CT molecular complexity index is 514. The van der Waals surface area contributed by atoms with Gasteiger partial charge in [-0.25, -0.2) is 4.98 Å². The predicted molar refractivity (Wildman–Crippen MR) is 62.1 cm³/mol. The molecule has 0 unspecified atom stereocenters. The Morgan fingerprint density at radius 2 is 1.95 bits per heavy atom. The van der Waals surface area contributed by atoms with Crippen LogP contribution in [0.25, 0.3) is 0 Å². The average Bonchev–Trinajstić information content (AvgIpc) is 3.08. The molecular formula is C10H11F3N4O2. The highest BCUT2D eigenvalue weighted by atomic mass is 19.4. The third-order valence-corrected chi connectivity index (χ3v) is 2.94. The second kappa shape index (κ2) is 4.25. The summed E-state index contributed by atoms with van der Waals surface area (Å²) in [5.74, 6) is -0.0250. The number of alkyl halides is 3. The van der Waals surface area contributed by atoms with E-state index in [0.29, 0.717) is 0 Å². The Morgan fingerprint density at radius 3 is 2.37 bits per heavy atom. The lowest BCUT2D eigenvalue weighted by atomic mass is 10.2. The van der Waals surface area contributed by atoms with Crippen LogP contribution in [-0.2, 0) is 0 Å². The Hall–Kier alpha value is -2.06. The maximum Gasteiger partial charge on any atom is 0.411 e. The Balaban J connectivity index is 2.30. The molecule has 0 saturated heterocycles. The van der Waals surface area contributed by atoms with Gasteiger partial charge in [-0.15, -0.1) is 0 Å². The van der Waals surface area contributed by atoms with Gasteiger partial charge < -0.3 is 10.6 Å². The summed E-state index contributed by atoms with van der Waals surface area (Å²) in [6.07, 6.45) is -4.52. The zero-order chi connectivity index (χ0) is 14.3. The number of pyridine rings is 1. The molecule has 9 heteroatoms. The second-order valence-corrected chi connectivity index (χ2v) is 4.31. The first-order valence-corrected chi connectivity index (χ1v) is 5.46. The fourth-order valence-electron chi connectivity index (χ4n) is 1.66. The third kappa shape index (κ3) is 2.54. The first-order chi connectivity index (χ1) is 8.77. The van der Waals surface area contributed by atoms with Crippen LogP contribution in [0.1, 0.15) is 12.8 Å². The molecule has 1 aromatic rings. The van der Waals surface area contributed by atoms with Crippen LogP contribution in [0.15, 0.2) is 12.1 Å². The molecule has 1 fully saturated rings. The van der Waals surface area contributed by atoms with Gasteiger partial charge in [-0.1, -0.05) is 0 Å². The topological polar surface area (TPSA) is 80.1 Å². The van der Waals surface area contributed by atoms with Gasteiger partial charge in [0.25, 0.3) is 5.69 Å². The van der Waals surface area contributed by atoms with Gasteiger partial charge in [0, 0.05) is 7.05 Å². The number of anilines is 2. The second-order valence-electron chi connectivity index (χ2n) is 4.31. The van der Waals surface area contributed by atoms with Gasteiger partial charge in [0.05, 0.1) is 17.1 Å². The van der Waals surface area contributed by atoms with Crippen LogP contribution < -0.4 is 10.6 Å². The fourth-order valence-corrected chi connectivity index (χ4v) is 1.66. The van der Waals surface area contributed by atoms with Gasteiger partial charge in [-0.3, -0.25) is 10.1 Å². The molecule has 19 heavy (non-hydrogen) atoms. The van der Waals surface area contributed by atoms with Crippen molar-refractivity contribution in [2.24, 2.45) is 0 Å². The summed E-state index contributed by atoms with van der Waals surface area (Å²) in [6.45, 7) is 0. The zero-order valence-electron chi connectivity index (χ0n) is 9.91. The van der Waals surface area contributed by atoms with Crippen LogP contribution >= 0.6 is 0 Å². The SMILES string of the molecule is CNc1cc([N+](=O)[O-])cc(NC2(C(F)(F)F)CC2)n1. The third-order valence-electron chi connectivity index (χ3n) is 2.94. The predicted octanol–water partition coefficient (Wildman–Crippen LogP) is 2.54. The van der Waals surface area contributed by atoms with Crippen LogP contribution in [0.5, 0.6) is 0 Å². The summed E-state index contributed by atoms with van der Waals surface area (Å²) < 4.78 is 38.4. The van der Waals surface area contributed by atoms with Gasteiger partial charge >= 0.3 is 6.18 Å². The monoisotopic (exact) mass is 276 g/mol. The molecule has 0 radical (unpaired) electrons. The zero-order valence-corrected chi connectivity index (χ0v) is 9.91. The van der Waals surface area contributed by atoms with E-state index < -0.39 is 16.6 Å². The lowest BCUT2D eigenvalue weighted by Gasteiger charge is -2.21. The molecule has 2 N–H and O–H groups in total. The quantitative estimate of drug-likeness (QED) is 0.652. The van der Waals surface area contributed by atoms with Crippen LogP contribution in [0.3, 0.4) is 0 Å². The standard InChI is InChI=1S/C10H11F3N4O2/c1-14-7-4-6(17(18)19)5-8(15-7)16-9(2-3-9)10(11,12)13/h4-5H,2-3H2,1H3,(H2,14,15,16). The van der Waals surface area contributed by atoms with Gasteiger partial charge in [0.15, 0.2) is 0 Å². The van der Waals surface area contributed by atoms with Crippen LogP contribution in [0.4, 0.5) is 30.5 Å². The summed E-state index contributed by atoms with van der Waals surface area (Å²) in [4.78, 5) is 13.9. The summed E-state index contributed by atoms with van der Waals surface area (Å²) in [6, 6.07) is 2.14. The van der Waals surface area contributed by atoms with E-state index in [2.05, 4.69) is 15.6 Å². The first kappa shape index (κ1) is 13.4. The molecule has 1 saturated carbocycles. The Morgan fingerprint density at radius 1 is 1.37 bits per heavy atom. The number of nitrogens with one attached hydrogen (secondary N) is 2. The van der Waals surface area contributed by atoms with Crippen molar-refractivity contribution in [3.63, 3.8) is 0 Å². The molecular weight excluding hydrogens is 265 g/mol. The van der Waals surface area contributed by atoms with Crippen molar-refractivity contribution < 1.29 is 18.1 Å². The summed E-state index contributed by atoms with van der Waals surface area (Å²) in [7, 11) is 1.48. The molecule has 0 aromatic carbocycles. The van der Waals surface area contributed by atoms with E-state index in [1.165, 1.54) is 7.05 Å². The molecule has 0 amide bonds. The number of nitrogens with zero attached hydrogens (tertiary/aromatic N) is 2. The van der Waals surface area contributed by atoms with E-state index in [1.54, 1.807) is 0 Å². The molecule has 0 atom stereocenters. The van der Waals surface area contributed by atoms with Crippen molar-refractivity contribution >= 4 is 17.3 Å². The number of aromatic nitrogens is 1. The maximum absolute atomic E-state index is 12.8. The van der Waals surface area contributed by atoms with E-state index in [9.17, 15) is 23.3 Å². The largest absolute Gasteiger partial charge is 0.411 e. The molecule has 104 valence electrons. The summed E-state index contributed by atoms with van der Waals surface area (Å²) in [5.41, 5.74) is -2.32. The van der Waals surface area contributed by atoms with Crippen molar-refractivity contribution in [2.75, 3.05) is 17.7 Å². The number of nitro groups is 1. The van der Waals surface area contributed by atoms with Crippen LogP contribution in [0, 0.1) is 10.1 Å². The van der Waals surface area contributed by atoms with E-state index in [-0.39, 0.29) is 30.2 Å². The van der Waals surface area contributed by atoms with Crippen molar-refractivity contribution in [1.82, 2.24) is 4.98 Å². The van der Waals surface area contributed by atoms with E-state index in [1.807, 2.05) is 0 Å². The highest BCUT2D eigenvalue weighted by Crippen LogP contribution is 2.51. The maximum atomic E-state index is 12.8. The molecule has 0 aliphatic heterocycles. The van der Waals surface area contributed by atoms with Crippen molar-refractivity contribution in [3.8, 4) is 0 Å². The minimum atomic E-state index is -4.40. The lowest BCUT2D eigenvalue weighted by Crippen LogP contribution is -2.38. The fraction of sp³-hybridized carbons (Fsp3) is 0.500. The van der Waals surface area contributed by atoms with Crippen molar-refractivity contribution in [2.45, 2.75) is 24.6 Å². The lowest BCUT2D eigenvalue weighted by molar-refractivity contribution is -0.384. The molecule has 1 heterocycles. The van der Waals surface area contributed by atoms with Gasteiger partial charge in [-0.2, -0.15) is 13.2 Å². The molecule has 1 aromatic heterocycles. The molecule has 6 nitrogen and oxygen atoms in total. The first-order valence-electron chi connectivity index (χ1n) is 5.46. The molecule has 0 bridgehead atoms. The molecule has 1 aliphatic carbocycles. The number of halogens is 3. The molecule has 2 rings (SSSR count). The highest BCUT2D eigenvalue weighted by Gasteiger charge is 2.63. The van der Waals surface area contributed by atoms with Gasteiger partial charge in [-0.05, 0) is 12.8 Å². The van der Waals surface area contributed by atoms with E-state index >= 15 is 0 Å². The molecule has 1 aliphatic rings. The Labute approximate surface area is 106 Å². The Kier molecular flexibility index (Phi) is 2.99. The summed E-state index contributed by atoms with van der Waals surface area (Å²) >= 11 is 0. The highest BCUT2D eigenvalue weighted by molar-refractivity contribution is 5.56. The number of hydrogen-bond acceptors (Lipinski definition) is 5. The van der Waals surface area contributed by atoms with Gasteiger partial charge in [0.2, 0.25) is 0 Å². The summed E-state index contributed by atoms with van der Waals surface area (Å²) in [5, 5.41) is 15.5. The molecule has 0 spiro atoms. The van der Waals surface area contributed by atoms with E-state index in [0.717, 1.165) is 12.1 Å².